The summed E-state index contributed by atoms with van der Waals surface area (Å²) >= 11 is 0. The van der Waals surface area contributed by atoms with Crippen molar-refractivity contribution in [1.29, 1.82) is 0 Å². The first-order valence-corrected chi connectivity index (χ1v) is 11.1. The molecule has 0 radical (unpaired) electrons. The van der Waals surface area contributed by atoms with E-state index in [4.69, 9.17) is 4.98 Å². The molecule has 2 aliphatic rings. The number of H-pyrrole nitrogens is 1. The average molecular weight is 388 g/mol. The summed E-state index contributed by atoms with van der Waals surface area (Å²) in [7, 11) is 0. The Bertz CT molecular complexity index is 1020. The molecule has 0 amide bonds. The number of likely N-dealkylation sites (tertiary alicyclic amines) is 1. The number of aromatic nitrogens is 2. The fourth-order valence-electron chi connectivity index (χ4n) is 5.36. The first-order chi connectivity index (χ1) is 14.3. The zero-order valence-corrected chi connectivity index (χ0v) is 16.9. The SMILES string of the molecule is O=c1[nH]c(C2CCCN(C3CCC(c4ccccc4)CC3)C2)nc2ccccc12. The van der Waals surface area contributed by atoms with E-state index in [9.17, 15) is 4.79 Å². The Labute approximate surface area is 172 Å². The second-order valence-electron chi connectivity index (χ2n) is 8.72. The van der Waals surface area contributed by atoms with Crippen molar-refractivity contribution in [3.8, 4) is 0 Å². The summed E-state index contributed by atoms with van der Waals surface area (Å²) in [5, 5.41) is 0.683. The van der Waals surface area contributed by atoms with Crippen LogP contribution in [0.2, 0.25) is 0 Å². The van der Waals surface area contributed by atoms with Crippen LogP contribution >= 0.6 is 0 Å². The van der Waals surface area contributed by atoms with Crippen molar-refractivity contribution in [3.05, 3.63) is 76.3 Å². The van der Waals surface area contributed by atoms with E-state index in [2.05, 4.69) is 40.2 Å². The van der Waals surface area contributed by atoms with Gasteiger partial charge in [-0.2, -0.15) is 0 Å². The molecule has 3 aromatic rings. The van der Waals surface area contributed by atoms with Crippen molar-refractivity contribution in [2.24, 2.45) is 0 Å². The lowest BCUT2D eigenvalue weighted by molar-refractivity contribution is 0.112. The molecule has 0 spiro atoms. The number of piperidine rings is 1. The topological polar surface area (TPSA) is 49.0 Å². The lowest BCUT2D eigenvalue weighted by Gasteiger charge is -2.41. The van der Waals surface area contributed by atoms with Crippen LogP contribution in [0.25, 0.3) is 10.9 Å². The Morgan fingerprint density at radius 1 is 0.862 bits per heavy atom. The van der Waals surface area contributed by atoms with Gasteiger partial charge in [-0.1, -0.05) is 42.5 Å². The van der Waals surface area contributed by atoms with Crippen molar-refractivity contribution >= 4 is 10.9 Å². The van der Waals surface area contributed by atoms with E-state index in [-0.39, 0.29) is 5.56 Å². The molecule has 1 aliphatic carbocycles. The van der Waals surface area contributed by atoms with Crippen molar-refractivity contribution in [2.75, 3.05) is 13.1 Å². The second-order valence-corrected chi connectivity index (χ2v) is 8.72. The molecule has 1 saturated heterocycles. The molecule has 5 rings (SSSR count). The third-order valence-electron chi connectivity index (χ3n) is 6.95. The normalized spacial score (nSPS) is 25.9. The van der Waals surface area contributed by atoms with Gasteiger partial charge >= 0.3 is 0 Å². The van der Waals surface area contributed by atoms with Crippen LogP contribution in [-0.4, -0.2) is 34.0 Å². The third kappa shape index (κ3) is 3.86. The quantitative estimate of drug-likeness (QED) is 0.700. The van der Waals surface area contributed by atoms with Gasteiger partial charge in [0.25, 0.3) is 5.56 Å². The minimum Gasteiger partial charge on any atom is -0.310 e. The molecule has 2 aromatic carbocycles. The van der Waals surface area contributed by atoms with Gasteiger partial charge in [-0.15, -0.1) is 0 Å². The number of rotatable bonds is 3. The van der Waals surface area contributed by atoms with Gasteiger partial charge in [0.1, 0.15) is 5.82 Å². The van der Waals surface area contributed by atoms with Gasteiger partial charge in [0.2, 0.25) is 0 Å². The highest BCUT2D eigenvalue weighted by atomic mass is 16.1. The van der Waals surface area contributed by atoms with Crippen molar-refractivity contribution in [3.63, 3.8) is 0 Å². The maximum Gasteiger partial charge on any atom is 0.258 e. The summed E-state index contributed by atoms with van der Waals surface area (Å²) in [6.45, 7) is 2.19. The highest BCUT2D eigenvalue weighted by Crippen LogP contribution is 2.36. The molecule has 0 bridgehead atoms. The maximum absolute atomic E-state index is 12.5. The number of hydrogen-bond acceptors (Lipinski definition) is 3. The number of nitrogens with zero attached hydrogens (tertiary/aromatic N) is 2. The van der Waals surface area contributed by atoms with Crippen LogP contribution < -0.4 is 5.56 Å². The minimum atomic E-state index is -0.00825. The number of nitrogens with one attached hydrogen (secondary N) is 1. The summed E-state index contributed by atoms with van der Waals surface area (Å²) in [6, 6.07) is 19.3. The van der Waals surface area contributed by atoms with Crippen LogP contribution in [0, 0.1) is 0 Å². The lowest BCUT2D eigenvalue weighted by atomic mass is 9.80. The zero-order chi connectivity index (χ0) is 19.6. The fourth-order valence-corrected chi connectivity index (χ4v) is 5.36. The smallest absolute Gasteiger partial charge is 0.258 e. The highest BCUT2D eigenvalue weighted by molar-refractivity contribution is 5.77. The molecule has 4 nitrogen and oxygen atoms in total. The summed E-state index contributed by atoms with van der Waals surface area (Å²) < 4.78 is 0. The molecule has 1 aromatic heterocycles. The van der Waals surface area contributed by atoms with E-state index < -0.39 is 0 Å². The van der Waals surface area contributed by atoms with E-state index in [1.54, 1.807) is 0 Å². The number of aromatic amines is 1. The Morgan fingerprint density at radius 3 is 2.45 bits per heavy atom. The monoisotopic (exact) mass is 387 g/mol. The molecular formula is C25H29N3O. The Kier molecular flexibility index (Phi) is 5.19. The fraction of sp³-hybridized carbons (Fsp3) is 0.440. The van der Waals surface area contributed by atoms with Crippen molar-refractivity contribution in [1.82, 2.24) is 14.9 Å². The molecule has 1 aliphatic heterocycles. The third-order valence-corrected chi connectivity index (χ3v) is 6.95. The number of para-hydroxylation sites is 1. The van der Waals surface area contributed by atoms with Gasteiger partial charge in [0.05, 0.1) is 10.9 Å². The van der Waals surface area contributed by atoms with E-state index in [0.29, 0.717) is 23.3 Å². The van der Waals surface area contributed by atoms with E-state index in [0.717, 1.165) is 24.3 Å². The van der Waals surface area contributed by atoms with Gasteiger partial charge in [-0.25, -0.2) is 4.98 Å². The average Bonchev–Trinajstić information content (AvgIpc) is 2.80. The molecule has 150 valence electrons. The summed E-state index contributed by atoms with van der Waals surface area (Å²) in [4.78, 5) is 23.0. The summed E-state index contributed by atoms with van der Waals surface area (Å²) in [5.41, 5.74) is 2.30. The molecule has 2 fully saturated rings. The van der Waals surface area contributed by atoms with Crippen LogP contribution in [0.15, 0.2) is 59.4 Å². The Balaban J connectivity index is 1.27. The molecule has 2 heterocycles. The minimum absolute atomic E-state index is 0.00825. The van der Waals surface area contributed by atoms with Gasteiger partial charge in [-0.3, -0.25) is 9.69 Å². The first-order valence-electron chi connectivity index (χ1n) is 11.1. The van der Waals surface area contributed by atoms with E-state index >= 15 is 0 Å². The van der Waals surface area contributed by atoms with Crippen LogP contribution in [0.3, 0.4) is 0 Å². The van der Waals surface area contributed by atoms with E-state index in [1.807, 2.05) is 24.3 Å². The van der Waals surface area contributed by atoms with Crippen molar-refractivity contribution < 1.29 is 0 Å². The van der Waals surface area contributed by atoms with Gasteiger partial charge in [0.15, 0.2) is 0 Å². The molecule has 1 atom stereocenters. The highest BCUT2D eigenvalue weighted by Gasteiger charge is 2.31. The number of hydrogen-bond donors (Lipinski definition) is 1. The molecule has 4 heteroatoms. The largest absolute Gasteiger partial charge is 0.310 e. The predicted octanol–water partition coefficient (Wildman–Crippen LogP) is 4.83. The van der Waals surface area contributed by atoms with Gasteiger partial charge < -0.3 is 4.98 Å². The first kappa shape index (κ1) is 18.6. The summed E-state index contributed by atoms with van der Waals surface area (Å²) in [5.74, 6) is 1.91. The molecule has 1 N–H and O–H groups in total. The maximum atomic E-state index is 12.5. The molecule has 29 heavy (non-hydrogen) atoms. The van der Waals surface area contributed by atoms with Gasteiger partial charge in [0, 0.05) is 18.5 Å². The number of fused-ring (bicyclic) bond motifs is 1. The van der Waals surface area contributed by atoms with Crippen LogP contribution in [0.5, 0.6) is 0 Å². The number of benzene rings is 2. The van der Waals surface area contributed by atoms with Crippen LogP contribution in [-0.2, 0) is 0 Å². The standard InChI is InChI=1S/C25H29N3O/c29-25-22-10-4-5-11-23(22)26-24(27-25)20-9-6-16-28(17-20)21-14-12-19(13-15-21)18-7-2-1-3-8-18/h1-5,7-8,10-11,19-21H,6,9,12-17H2,(H,26,27,29). The van der Waals surface area contributed by atoms with Gasteiger partial charge in [-0.05, 0) is 68.7 Å². The van der Waals surface area contributed by atoms with Crippen molar-refractivity contribution in [2.45, 2.75) is 56.4 Å². The molecular weight excluding hydrogens is 358 g/mol. The summed E-state index contributed by atoms with van der Waals surface area (Å²) in [6.07, 6.45) is 7.39. The van der Waals surface area contributed by atoms with Crippen LogP contribution in [0.4, 0.5) is 0 Å². The molecule has 1 unspecified atom stereocenters. The second kappa shape index (κ2) is 8.11. The zero-order valence-electron chi connectivity index (χ0n) is 16.9. The lowest BCUT2D eigenvalue weighted by Crippen LogP contribution is -2.44. The Hall–Kier alpha value is -2.46. The molecule has 1 saturated carbocycles. The predicted molar refractivity (Wildman–Crippen MR) is 117 cm³/mol. The van der Waals surface area contributed by atoms with Crippen LogP contribution in [0.1, 0.15) is 61.7 Å². The van der Waals surface area contributed by atoms with E-state index in [1.165, 1.54) is 44.2 Å². The Morgan fingerprint density at radius 2 is 1.62 bits per heavy atom.